The van der Waals surface area contributed by atoms with Crippen LogP contribution in [0.25, 0.3) is 0 Å². The molecule has 1 amide bonds. The third kappa shape index (κ3) is 46.4. The van der Waals surface area contributed by atoms with Crippen molar-refractivity contribution < 1.29 is 24.5 Å². The Morgan fingerprint density at radius 3 is 1.27 bits per heavy atom. The molecule has 0 aromatic rings. The van der Waals surface area contributed by atoms with Crippen molar-refractivity contribution in [2.45, 2.75) is 302 Å². The van der Waals surface area contributed by atoms with E-state index in [4.69, 9.17) is 4.74 Å². The summed E-state index contributed by atoms with van der Waals surface area (Å²) < 4.78 is 5.93. The maximum absolute atomic E-state index is 13.2. The average molecular weight is 898 g/mol. The van der Waals surface area contributed by atoms with E-state index in [0.29, 0.717) is 19.3 Å². The van der Waals surface area contributed by atoms with Gasteiger partial charge in [0.2, 0.25) is 5.91 Å². The minimum absolute atomic E-state index is 0.0495. The molecule has 0 saturated heterocycles. The molecule has 0 aliphatic rings. The number of amides is 1. The zero-order chi connectivity index (χ0) is 46.7. The molecule has 3 atom stereocenters. The van der Waals surface area contributed by atoms with Crippen LogP contribution in [0.4, 0.5) is 0 Å². The quantitative estimate of drug-likeness (QED) is 0.0321. The highest BCUT2D eigenvalue weighted by molar-refractivity contribution is 5.77. The van der Waals surface area contributed by atoms with Crippen LogP contribution in [0.5, 0.6) is 0 Å². The van der Waals surface area contributed by atoms with E-state index < -0.39 is 18.2 Å². The van der Waals surface area contributed by atoms with Gasteiger partial charge in [0.05, 0.1) is 25.2 Å². The van der Waals surface area contributed by atoms with Crippen molar-refractivity contribution >= 4 is 11.9 Å². The summed E-state index contributed by atoms with van der Waals surface area (Å²) in [4.78, 5) is 26.2. The van der Waals surface area contributed by atoms with Gasteiger partial charge in [-0.15, -0.1) is 0 Å². The Labute approximate surface area is 397 Å². The third-order valence-electron chi connectivity index (χ3n) is 12.6. The van der Waals surface area contributed by atoms with Crippen molar-refractivity contribution in [3.05, 3.63) is 48.6 Å². The summed E-state index contributed by atoms with van der Waals surface area (Å²) in [6, 6.07) is -0.715. The number of hydrogen-bond acceptors (Lipinski definition) is 5. The topological polar surface area (TPSA) is 95.9 Å². The first kappa shape index (κ1) is 61.8. The van der Waals surface area contributed by atoms with E-state index in [9.17, 15) is 19.8 Å². The van der Waals surface area contributed by atoms with E-state index in [1.807, 2.05) is 0 Å². The molecule has 6 heteroatoms. The van der Waals surface area contributed by atoms with Crippen LogP contribution >= 0.6 is 0 Å². The monoisotopic (exact) mass is 898 g/mol. The molecule has 0 fully saturated rings. The van der Waals surface area contributed by atoms with Crippen LogP contribution in [0.15, 0.2) is 48.6 Å². The van der Waals surface area contributed by atoms with Gasteiger partial charge in [0.1, 0.15) is 6.10 Å². The summed E-state index contributed by atoms with van der Waals surface area (Å²) in [5.74, 6) is -0.513. The number of rotatable bonds is 50. The van der Waals surface area contributed by atoms with Gasteiger partial charge >= 0.3 is 5.97 Å². The number of unbranched alkanes of at least 4 members (excludes halogenated alkanes) is 30. The standard InChI is InChI=1S/C58H107NO5/c1-4-7-10-13-16-19-22-25-27-28-29-31-33-36-39-42-45-48-51-58(63)64-54(49-46-43-40-37-34-32-30-26-23-20-17-14-11-8-5-2)52-57(62)59-55(53-60)56(61)50-47-44-41-38-35-24-21-18-15-12-9-6-3/h17,20,26,29-31,34,37,54-56,60-61H,4-16,18-19,21-25,27-28,32-33,35-36,38-53H2,1-3H3,(H,59,62)/b20-17-,30-26-,31-29+,37-34-. The van der Waals surface area contributed by atoms with E-state index in [-0.39, 0.29) is 24.9 Å². The fourth-order valence-electron chi connectivity index (χ4n) is 8.37. The number of carbonyl (C=O) groups is 2. The minimum Gasteiger partial charge on any atom is -0.462 e. The van der Waals surface area contributed by atoms with Crippen molar-refractivity contribution in [3.8, 4) is 0 Å². The molecule has 0 radical (unpaired) electrons. The number of aliphatic hydroxyl groups is 2. The van der Waals surface area contributed by atoms with Gasteiger partial charge in [-0.3, -0.25) is 9.59 Å². The molecule has 0 rings (SSSR count). The van der Waals surface area contributed by atoms with Gasteiger partial charge in [-0.05, 0) is 89.9 Å². The van der Waals surface area contributed by atoms with Gasteiger partial charge < -0.3 is 20.3 Å². The zero-order valence-corrected chi connectivity index (χ0v) is 42.7. The highest BCUT2D eigenvalue weighted by Crippen LogP contribution is 2.17. The van der Waals surface area contributed by atoms with Crippen LogP contribution in [0.3, 0.4) is 0 Å². The smallest absolute Gasteiger partial charge is 0.306 e. The lowest BCUT2D eigenvalue weighted by molar-refractivity contribution is -0.151. The van der Waals surface area contributed by atoms with Crippen LogP contribution in [-0.4, -0.2) is 46.9 Å². The molecule has 6 nitrogen and oxygen atoms in total. The van der Waals surface area contributed by atoms with Crippen molar-refractivity contribution in [2.75, 3.05) is 6.61 Å². The Morgan fingerprint density at radius 2 is 0.797 bits per heavy atom. The van der Waals surface area contributed by atoms with Gasteiger partial charge in [-0.2, -0.15) is 0 Å². The van der Waals surface area contributed by atoms with Crippen LogP contribution in [0, 0.1) is 0 Å². The number of aliphatic hydroxyl groups excluding tert-OH is 2. The summed E-state index contributed by atoms with van der Waals surface area (Å²) in [5, 5.41) is 23.8. The molecule has 3 unspecified atom stereocenters. The number of ether oxygens (including phenoxy) is 1. The molecule has 0 heterocycles. The Kier molecular flexibility index (Phi) is 50.0. The Bertz CT molecular complexity index is 1100. The number of esters is 1. The fraction of sp³-hybridized carbons (Fsp3) is 0.828. The second-order valence-electron chi connectivity index (χ2n) is 19.0. The molecule has 0 saturated carbocycles. The molecule has 0 aromatic heterocycles. The highest BCUT2D eigenvalue weighted by Gasteiger charge is 2.24. The van der Waals surface area contributed by atoms with E-state index in [1.165, 1.54) is 161 Å². The third-order valence-corrected chi connectivity index (χ3v) is 12.6. The summed E-state index contributed by atoms with van der Waals surface area (Å²) >= 11 is 0. The molecule has 0 aliphatic heterocycles. The second kappa shape index (κ2) is 51.8. The molecule has 0 aromatic carbocycles. The lowest BCUT2D eigenvalue weighted by Crippen LogP contribution is -2.46. The van der Waals surface area contributed by atoms with Gasteiger partial charge in [0.25, 0.3) is 0 Å². The van der Waals surface area contributed by atoms with Crippen LogP contribution in [0.2, 0.25) is 0 Å². The van der Waals surface area contributed by atoms with Crippen LogP contribution in [-0.2, 0) is 14.3 Å². The first-order valence-corrected chi connectivity index (χ1v) is 27.9. The molecule has 64 heavy (non-hydrogen) atoms. The normalized spacial score (nSPS) is 13.5. The largest absolute Gasteiger partial charge is 0.462 e. The second-order valence-corrected chi connectivity index (χ2v) is 19.0. The maximum atomic E-state index is 13.2. The predicted octanol–water partition coefficient (Wildman–Crippen LogP) is 17.0. The van der Waals surface area contributed by atoms with Crippen LogP contribution < -0.4 is 5.32 Å². The lowest BCUT2D eigenvalue weighted by Gasteiger charge is -2.24. The number of nitrogens with one attached hydrogen (secondary N) is 1. The number of allylic oxidation sites excluding steroid dienone is 8. The Hall–Kier alpha value is -2.18. The number of hydrogen-bond donors (Lipinski definition) is 3. The van der Waals surface area contributed by atoms with E-state index in [2.05, 4.69) is 74.7 Å². The molecule has 0 bridgehead atoms. The zero-order valence-electron chi connectivity index (χ0n) is 42.7. The van der Waals surface area contributed by atoms with E-state index >= 15 is 0 Å². The molecule has 374 valence electrons. The van der Waals surface area contributed by atoms with Gasteiger partial charge in [0, 0.05) is 6.42 Å². The summed E-state index contributed by atoms with van der Waals surface area (Å²) in [7, 11) is 0. The number of carbonyl (C=O) groups excluding carboxylic acids is 2. The Balaban J connectivity index is 4.62. The Morgan fingerprint density at radius 1 is 0.453 bits per heavy atom. The molecular weight excluding hydrogens is 791 g/mol. The van der Waals surface area contributed by atoms with E-state index in [1.54, 1.807) is 0 Å². The molecule has 0 spiro atoms. The van der Waals surface area contributed by atoms with Gasteiger partial charge in [0.15, 0.2) is 0 Å². The summed E-state index contributed by atoms with van der Waals surface area (Å²) in [6.45, 7) is 6.46. The van der Waals surface area contributed by atoms with Gasteiger partial charge in [-0.25, -0.2) is 0 Å². The highest BCUT2D eigenvalue weighted by atomic mass is 16.5. The minimum atomic E-state index is -0.799. The first-order chi connectivity index (χ1) is 31.5. The van der Waals surface area contributed by atoms with Gasteiger partial charge in [-0.1, -0.05) is 230 Å². The molecule has 0 aliphatic carbocycles. The fourth-order valence-corrected chi connectivity index (χ4v) is 8.37. The van der Waals surface area contributed by atoms with E-state index in [0.717, 1.165) is 77.0 Å². The molecule has 3 N–H and O–H groups in total. The van der Waals surface area contributed by atoms with Crippen molar-refractivity contribution in [2.24, 2.45) is 0 Å². The van der Waals surface area contributed by atoms with Crippen molar-refractivity contribution in [3.63, 3.8) is 0 Å². The predicted molar refractivity (Wildman–Crippen MR) is 278 cm³/mol. The SMILES string of the molecule is CCCCC/C=C\C/C=C\C/C=C\CCCCC(CC(=O)NC(CO)C(O)CCCCCCCCCCCCCC)OC(=O)CCCCCCC/C=C/CCCCCCCCCCC. The average Bonchev–Trinajstić information content (AvgIpc) is 3.29. The first-order valence-electron chi connectivity index (χ1n) is 27.9. The van der Waals surface area contributed by atoms with Crippen molar-refractivity contribution in [1.82, 2.24) is 5.32 Å². The summed E-state index contributed by atoms with van der Waals surface area (Å²) in [5.41, 5.74) is 0. The van der Waals surface area contributed by atoms with Crippen molar-refractivity contribution in [1.29, 1.82) is 0 Å². The summed E-state index contributed by atoms with van der Waals surface area (Å²) in [6.07, 6.45) is 63.2. The lowest BCUT2D eigenvalue weighted by atomic mass is 10.0. The van der Waals surface area contributed by atoms with Crippen LogP contribution in [0.1, 0.15) is 284 Å². The molecular formula is C58H107NO5. The maximum Gasteiger partial charge on any atom is 0.306 e.